The summed E-state index contributed by atoms with van der Waals surface area (Å²) in [5.41, 5.74) is 2.32. The fourth-order valence-corrected chi connectivity index (χ4v) is 1.55. The lowest BCUT2D eigenvalue weighted by atomic mass is 10.2. The van der Waals surface area contributed by atoms with E-state index in [1.54, 1.807) is 37.6 Å². The maximum absolute atomic E-state index is 11.5. The van der Waals surface area contributed by atoms with E-state index in [1.807, 2.05) is 12.1 Å². The molecule has 1 heterocycles. The van der Waals surface area contributed by atoms with Gasteiger partial charge in [0.1, 0.15) is 0 Å². The van der Waals surface area contributed by atoms with Gasteiger partial charge in [0.2, 0.25) is 0 Å². The van der Waals surface area contributed by atoms with Gasteiger partial charge in [0.15, 0.2) is 0 Å². The number of anilines is 1. The van der Waals surface area contributed by atoms with Crippen LogP contribution < -0.4 is 5.32 Å². The van der Waals surface area contributed by atoms with Gasteiger partial charge in [-0.2, -0.15) is 0 Å². The summed E-state index contributed by atoms with van der Waals surface area (Å²) in [6.45, 7) is 2.76. The average Bonchev–Trinajstić information content (AvgIpc) is 2.47. The predicted molar refractivity (Wildman–Crippen MR) is 71.8 cm³/mol. The van der Waals surface area contributed by atoms with Crippen LogP contribution in [-0.4, -0.2) is 22.5 Å². The first-order valence-electron chi connectivity index (χ1n) is 6.05. The Hall–Kier alpha value is -2.43. The van der Waals surface area contributed by atoms with Crippen LogP contribution in [0.5, 0.6) is 0 Å². The van der Waals surface area contributed by atoms with E-state index in [0.717, 1.165) is 11.4 Å². The third-order valence-electron chi connectivity index (χ3n) is 2.49. The molecular weight excluding hydrogens is 242 g/mol. The first-order valence-corrected chi connectivity index (χ1v) is 6.05. The second-order valence-electron chi connectivity index (χ2n) is 3.85. The lowest BCUT2D eigenvalue weighted by Crippen LogP contribution is -2.05. The van der Waals surface area contributed by atoms with Crippen LogP contribution in [0.2, 0.25) is 0 Å². The number of esters is 1. The van der Waals surface area contributed by atoms with Gasteiger partial charge in [-0.1, -0.05) is 0 Å². The van der Waals surface area contributed by atoms with Crippen LogP contribution in [-0.2, 0) is 11.3 Å². The van der Waals surface area contributed by atoms with Crippen molar-refractivity contribution in [3.63, 3.8) is 0 Å². The van der Waals surface area contributed by atoms with E-state index in [9.17, 15) is 4.79 Å². The number of ether oxygens (including phenoxy) is 1. The average molecular weight is 257 g/mol. The SMILES string of the molecule is CCOC(=O)c1ccc(NCc2cnccn2)cc1. The topological polar surface area (TPSA) is 64.1 Å². The third kappa shape index (κ3) is 3.77. The minimum atomic E-state index is -0.303. The van der Waals surface area contributed by atoms with E-state index in [4.69, 9.17) is 4.74 Å². The molecule has 0 aliphatic rings. The summed E-state index contributed by atoms with van der Waals surface area (Å²) in [5, 5.41) is 3.20. The van der Waals surface area contributed by atoms with Gasteiger partial charge in [-0.3, -0.25) is 9.97 Å². The van der Waals surface area contributed by atoms with Gasteiger partial charge in [0.25, 0.3) is 0 Å². The molecule has 98 valence electrons. The number of hydrogen-bond donors (Lipinski definition) is 1. The molecule has 0 radical (unpaired) electrons. The van der Waals surface area contributed by atoms with Crippen molar-refractivity contribution in [3.05, 3.63) is 54.1 Å². The molecule has 0 aliphatic heterocycles. The van der Waals surface area contributed by atoms with Crippen LogP contribution in [0.15, 0.2) is 42.9 Å². The molecule has 1 aromatic heterocycles. The van der Waals surface area contributed by atoms with Crippen LogP contribution in [0.4, 0.5) is 5.69 Å². The second kappa shape index (κ2) is 6.49. The quantitative estimate of drug-likeness (QED) is 0.832. The van der Waals surface area contributed by atoms with E-state index in [-0.39, 0.29) is 5.97 Å². The van der Waals surface area contributed by atoms with E-state index >= 15 is 0 Å². The van der Waals surface area contributed by atoms with Gasteiger partial charge in [-0.15, -0.1) is 0 Å². The molecule has 0 fully saturated rings. The fourth-order valence-electron chi connectivity index (χ4n) is 1.55. The summed E-state index contributed by atoms with van der Waals surface area (Å²) < 4.78 is 4.92. The first kappa shape index (κ1) is 13.0. The molecule has 0 atom stereocenters. The molecule has 0 spiro atoms. The number of nitrogens with one attached hydrogen (secondary N) is 1. The van der Waals surface area contributed by atoms with Crippen LogP contribution in [0.3, 0.4) is 0 Å². The Morgan fingerprint density at radius 2 is 2.05 bits per heavy atom. The number of carbonyl (C=O) groups is 1. The Balaban J connectivity index is 1.94. The number of benzene rings is 1. The molecule has 5 heteroatoms. The Labute approximate surface area is 111 Å². The van der Waals surface area contributed by atoms with Gasteiger partial charge in [0.05, 0.1) is 30.6 Å². The van der Waals surface area contributed by atoms with E-state index in [0.29, 0.717) is 18.7 Å². The van der Waals surface area contributed by atoms with Gasteiger partial charge in [-0.25, -0.2) is 4.79 Å². The summed E-state index contributed by atoms with van der Waals surface area (Å²) in [6.07, 6.45) is 5.00. The maximum atomic E-state index is 11.5. The third-order valence-corrected chi connectivity index (χ3v) is 2.49. The molecule has 0 saturated carbocycles. The normalized spacial score (nSPS) is 9.95. The van der Waals surface area contributed by atoms with E-state index in [2.05, 4.69) is 15.3 Å². The monoisotopic (exact) mass is 257 g/mol. The number of aromatic nitrogens is 2. The number of nitrogens with zero attached hydrogens (tertiary/aromatic N) is 2. The molecule has 0 aliphatic carbocycles. The molecule has 19 heavy (non-hydrogen) atoms. The van der Waals surface area contributed by atoms with Crippen molar-refractivity contribution in [2.45, 2.75) is 13.5 Å². The number of carbonyl (C=O) groups excluding carboxylic acids is 1. The highest BCUT2D eigenvalue weighted by molar-refractivity contribution is 5.89. The molecule has 0 saturated heterocycles. The van der Waals surface area contributed by atoms with Gasteiger partial charge >= 0.3 is 5.97 Å². The highest BCUT2D eigenvalue weighted by Gasteiger charge is 2.05. The predicted octanol–water partition coefficient (Wildman–Crippen LogP) is 2.27. The van der Waals surface area contributed by atoms with Crippen molar-refractivity contribution in [3.8, 4) is 0 Å². The molecule has 5 nitrogen and oxygen atoms in total. The summed E-state index contributed by atoms with van der Waals surface area (Å²) in [6, 6.07) is 7.14. The Bertz CT molecular complexity index is 526. The molecule has 0 unspecified atom stereocenters. The summed E-state index contributed by atoms with van der Waals surface area (Å²) in [7, 11) is 0. The minimum Gasteiger partial charge on any atom is -0.462 e. The van der Waals surface area contributed by atoms with Gasteiger partial charge < -0.3 is 10.1 Å². The molecule has 1 aromatic carbocycles. The van der Waals surface area contributed by atoms with Crippen molar-refractivity contribution in [1.29, 1.82) is 0 Å². The Morgan fingerprint density at radius 1 is 1.26 bits per heavy atom. The zero-order valence-corrected chi connectivity index (χ0v) is 10.7. The van der Waals surface area contributed by atoms with Crippen molar-refractivity contribution >= 4 is 11.7 Å². The molecule has 0 amide bonds. The standard InChI is InChI=1S/C14H15N3O2/c1-2-19-14(18)11-3-5-12(6-4-11)17-10-13-9-15-7-8-16-13/h3-9,17H,2,10H2,1H3. The van der Waals surface area contributed by atoms with Crippen molar-refractivity contribution in [2.75, 3.05) is 11.9 Å². The molecular formula is C14H15N3O2. The lowest BCUT2D eigenvalue weighted by molar-refractivity contribution is 0.0526. The summed E-state index contributed by atoms with van der Waals surface area (Å²) >= 11 is 0. The first-order chi connectivity index (χ1) is 9.29. The van der Waals surface area contributed by atoms with Crippen LogP contribution in [0.1, 0.15) is 23.0 Å². The van der Waals surface area contributed by atoms with Crippen LogP contribution in [0.25, 0.3) is 0 Å². The number of hydrogen-bond acceptors (Lipinski definition) is 5. The summed E-state index contributed by atoms with van der Waals surface area (Å²) in [5.74, 6) is -0.303. The van der Waals surface area contributed by atoms with E-state index < -0.39 is 0 Å². The second-order valence-corrected chi connectivity index (χ2v) is 3.85. The Kier molecular flexibility index (Phi) is 4.44. The fraction of sp³-hybridized carbons (Fsp3) is 0.214. The molecule has 1 N–H and O–H groups in total. The highest BCUT2D eigenvalue weighted by Crippen LogP contribution is 2.11. The number of rotatable bonds is 5. The molecule has 0 bridgehead atoms. The van der Waals surface area contributed by atoms with Crippen molar-refractivity contribution < 1.29 is 9.53 Å². The summed E-state index contributed by atoms with van der Waals surface area (Å²) in [4.78, 5) is 19.6. The van der Waals surface area contributed by atoms with Crippen molar-refractivity contribution in [2.24, 2.45) is 0 Å². The largest absolute Gasteiger partial charge is 0.462 e. The van der Waals surface area contributed by atoms with Gasteiger partial charge in [-0.05, 0) is 31.2 Å². The molecule has 2 rings (SSSR count). The zero-order chi connectivity index (χ0) is 13.5. The van der Waals surface area contributed by atoms with Crippen LogP contribution in [0, 0.1) is 0 Å². The lowest BCUT2D eigenvalue weighted by Gasteiger charge is -2.06. The van der Waals surface area contributed by atoms with E-state index in [1.165, 1.54) is 0 Å². The van der Waals surface area contributed by atoms with Gasteiger partial charge in [0, 0.05) is 18.1 Å². The van der Waals surface area contributed by atoms with Crippen molar-refractivity contribution in [1.82, 2.24) is 9.97 Å². The molecule has 2 aromatic rings. The highest BCUT2D eigenvalue weighted by atomic mass is 16.5. The maximum Gasteiger partial charge on any atom is 0.338 e. The Morgan fingerprint density at radius 3 is 2.68 bits per heavy atom. The van der Waals surface area contributed by atoms with Crippen LogP contribution >= 0.6 is 0 Å². The minimum absolute atomic E-state index is 0.303. The zero-order valence-electron chi connectivity index (χ0n) is 10.7. The smallest absolute Gasteiger partial charge is 0.338 e.